The van der Waals surface area contributed by atoms with E-state index in [1.54, 1.807) is 35.2 Å². The van der Waals surface area contributed by atoms with Crippen LogP contribution in [0.15, 0.2) is 53.4 Å². The minimum atomic E-state index is -4.12. The number of sulfonamides is 1. The van der Waals surface area contributed by atoms with Gasteiger partial charge in [-0.1, -0.05) is 29.8 Å². The summed E-state index contributed by atoms with van der Waals surface area (Å²) in [6.45, 7) is 3.35. The summed E-state index contributed by atoms with van der Waals surface area (Å²) < 4.78 is 41.0. The highest BCUT2D eigenvalue weighted by Crippen LogP contribution is 2.29. The van der Waals surface area contributed by atoms with Crippen molar-refractivity contribution in [3.05, 3.63) is 59.9 Å². The number of hydrogen-bond acceptors (Lipinski definition) is 5. The van der Waals surface area contributed by atoms with Crippen LogP contribution in [0.5, 0.6) is 0 Å². The van der Waals surface area contributed by atoms with E-state index in [4.69, 9.17) is 0 Å². The zero-order chi connectivity index (χ0) is 22.2. The van der Waals surface area contributed by atoms with Gasteiger partial charge < -0.3 is 9.80 Å². The third-order valence-corrected chi connectivity index (χ3v) is 7.65. The van der Waals surface area contributed by atoms with Crippen LogP contribution in [0.25, 0.3) is 0 Å². The van der Waals surface area contributed by atoms with Gasteiger partial charge in [-0.25, -0.2) is 17.1 Å². The normalized spacial score (nSPS) is 19.7. The quantitative estimate of drug-likeness (QED) is 0.721. The Morgan fingerprint density at radius 1 is 1.00 bits per heavy atom. The van der Waals surface area contributed by atoms with Gasteiger partial charge in [0.15, 0.2) is 0 Å². The van der Waals surface area contributed by atoms with E-state index in [0.29, 0.717) is 31.9 Å². The molecule has 0 bridgehead atoms. The minimum Gasteiger partial charge on any atom is -0.366 e. The van der Waals surface area contributed by atoms with Gasteiger partial charge in [-0.05, 0) is 37.6 Å². The number of para-hydroxylation sites is 1. The molecule has 2 aliphatic rings. The van der Waals surface area contributed by atoms with Crippen molar-refractivity contribution < 1.29 is 22.4 Å². The van der Waals surface area contributed by atoms with Gasteiger partial charge in [0.05, 0.1) is 10.6 Å². The van der Waals surface area contributed by atoms with Crippen molar-refractivity contribution in [2.24, 2.45) is 0 Å². The number of nitrogens with zero attached hydrogens (tertiary/aromatic N) is 3. The first-order chi connectivity index (χ1) is 14.8. The Morgan fingerprint density at radius 3 is 2.29 bits per heavy atom. The van der Waals surface area contributed by atoms with E-state index in [1.807, 2.05) is 11.8 Å². The van der Waals surface area contributed by atoms with E-state index < -0.39 is 22.0 Å². The van der Waals surface area contributed by atoms with Gasteiger partial charge in [0.25, 0.3) is 10.0 Å². The van der Waals surface area contributed by atoms with Gasteiger partial charge in [-0.15, -0.1) is 0 Å². The predicted molar refractivity (Wildman–Crippen MR) is 113 cm³/mol. The van der Waals surface area contributed by atoms with Crippen LogP contribution in [0.3, 0.4) is 0 Å². The van der Waals surface area contributed by atoms with Crippen LogP contribution in [0, 0.1) is 12.7 Å². The second-order valence-electron chi connectivity index (χ2n) is 7.83. The Labute approximate surface area is 181 Å². The highest BCUT2D eigenvalue weighted by molar-refractivity contribution is 7.89. The fourth-order valence-electron chi connectivity index (χ4n) is 4.10. The molecule has 2 saturated heterocycles. The number of aryl methyl sites for hydroxylation is 1. The first-order valence-electron chi connectivity index (χ1n) is 10.2. The van der Waals surface area contributed by atoms with Crippen molar-refractivity contribution >= 4 is 27.5 Å². The highest BCUT2D eigenvalue weighted by Gasteiger charge is 2.45. The van der Waals surface area contributed by atoms with Crippen LogP contribution < -0.4 is 4.90 Å². The van der Waals surface area contributed by atoms with E-state index in [0.717, 1.165) is 9.87 Å². The third-order valence-electron chi connectivity index (χ3n) is 5.81. The monoisotopic (exact) mass is 445 g/mol. The van der Waals surface area contributed by atoms with Crippen LogP contribution in [-0.4, -0.2) is 61.7 Å². The van der Waals surface area contributed by atoms with Crippen LogP contribution in [0.2, 0.25) is 0 Å². The minimum absolute atomic E-state index is 0.00415. The molecular formula is C22H24FN3O4S. The molecule has 0 aromatic heterocycles. The number of hydrogen-bond donors (Lipinski definition) is 0. The van der Waals surface area contributed by atoms with Crippen LogP contribution in [0.1, 0.15) is 18.4 Å². The lowest BCUT2D eigenvalue weighted by Gasteiger charge is -2.38. The molecule has 2 amide bonds. The molecule has 2 heterocycles. The molecule has 1 atom stereocenters. The molecule has 2 aromatic rings. The van der Waals surface area contributed by atoms with Crippen LogP contribution >= 0.6 is 0 Å². The highest BCUT2D eigenvalue weighted by atomic mass is 32.2. The molecule has 2 fully saturated rings. The molecule has 0 saturated carbocycles. The first kappa shape index (κ1) is 21.3. The summed E-state index contributed by atoms with van der Waals surface area (Å²) in [6, 6.07) is 11.6. The van der Waals surface area contributed by atoms with Crippen molar-refractivity contribution in [2.45, 2.75) is 30.7 Å². The molecule has 9 heteroatoms. The second kappa shape index (κ2) is 8.30. The van der Waals surface area contributed by atoms with Gasteiger partial charge >= 0.3 is 0 Å². The van der Waals surface area contributed by atoms with E-state index in [-0.39, 0.29) is 29.5 Å². The molecule has 2 aromatic carbocycles. The van der Waals surface area contributed by atoms with Gasteiger partial charge in [0.1, 0.15) is 11.9 Å². The van der Waals surface area contributed by atoms with Gasteiger partial charge in [0.2, 0.25) is 11.8 Å². The largest absolute Gasteiger partial charge is 0.366 e. The molecular weight excluding hydrogens is 421 g/mol. The number of rotatable bonds is 4. The Balaban J connectivity index is 1.50. The van der Waals surface area contributed by atoms with Crippen LogP contribution in [-0.2, 0) is 19.6 Å². The predicted octanol–water partition coefficient (Wildman–Crippen LogP) is 2.16. The molecule has 0 unspecified atom stereocenters. The molecule has 0 aliphatic carbocycles. The summed E-state index contributed by atoms with van der Waals surface area (Å²) >= 11 is 0. The molecule has 164 valence electrons. The fraction of sp³-hybridized carbons (Fsp3) is 0.364. The summed E-state index contributed by atoms with van der Waals surface area (Å²) in [4.78, 5) is 29.1. The second-order valence-corrected chi connectivity index (χ2v) is 9.64. The number of amides is 2. The maximum Gasteiger partial charge on any atom is 0.267 e. The lowest BCUT2D eigenvalue weighted by Crippen LogP contribution is -2.55. The molecule has 0 radical (unpaired) electrons. The molecule has 0 spiro atoms. The first-order valence-corrected chi connectivity index (χ1v) is 11.7. The maximum atomic E-state index is 14.1. The zero-order valence-electron chi connectivity index (χ0n) is 17.2. The summed E-state index contributed by atoms with van der Waals surface area (Å²) in [6.07, 6.45) is 0.174. The number of halogens is 1. The Morgan fingerprint density at radius 2 is 1.65 bits per heavy atom. The van der Waals surface area contributed by atoms with Crippen LogP contribution in [0.4, 0.5) is 10.1 Å². The summed E-state index contributed by atoms with van der Waals surface area (Å²) in [5.74, 6) is -1.27. The van der Waals surface area contributed by atoms with Crippen molar-refractivity contribution in [3.8, 4) is 0 Å². The van der Waals surface area contributed by atoms with E-state index >= 15 is 0 Å². The van der Waals surface area contributed by atoms with Crippen molar-refractivity contribution in [2.75, 3.05) is 31.1 Å². The average molecular weight is 446 g/mol. The standard InChI is InChI=1S/C22H24FN3O4S/c1-16-6-8-17(9-7-16)31(29,30)26-20(10-11-21(26)27)22(28)25-14-12-24(13-15-25)19-5-3-2-4-18(19)23/h2-9,20H,10-15H2,1H3/t20-/m1/s1. The van der Waals surface area contributed by atoms with Crippen molar-refractivity contribution in [1.82, 2.24) is 9.21 Å². The fourth-order valence-corrected chi connectivity index (χ4v) is 5.69. The molecule has 31 heavy (non-hydrogen) atoms. The van der Waals surface area contributed by atoms with E-state index in [1.165, 1.54) is 18.2 Å². The number of carbonyl (C=O) groups excluding carboxylic acids is 2. The lowest BCUT2D eigenvalue weighted by atomic mass is 10.1. The molecule has 7 nitrogen and oxygen atoms in total. The summed E-state index contributed by atoms with van der Waals surface area (Å²) in [5.41, 5.74) is 1.38. The van der Waals surface area contributed by atoms with E-state index in [9.17, 15) is 22.4 Å². The van der Waals surface area contributed by atoms with Gasteiger partial charge in [0, 0.05) is 32.6 Å². The average Bonchev–Trinajstić information content (AvgIpc) is 3.16. The molecule has 2 aliphatic heterocycles. The van der Waals surface area contributed by atoms with Crippen molar-refractivity contribution in [1.29, 1.82) is 0 Å². The number of anilines is 1. The number of carbonyl (C=O) groups is 2. The third kappa shape index (κ3) is 4.01. The lowest BCUT2D eigenvalue weighted by molar-refractivity contribution is -0.138. The molecule has 0 N–H and O–H groups in total. The zero-order valence-corrected chi connectivity index (χ0v) is 18.0. The molecule has 4 rings (SSSR count). The number of piperazine rings is 1. The van der Waals surface area contributed by atoms with E-state index in [2.05, 4.69) is 0 Å². The Hall–Kier alpha value is -2.94. The smallest absolute Gasteiger partial charge is 0.267 e. The maximum absolute atomic E-state index is 14.1. The Bertz CT molecular complexity index is 1100. The van der Waals surface area contributed by atoms with Gasteiger partial charge in [-0.3, -0.25) is 9.59 Å². The number of benzene rings is 2. The summed E-state index contributed by atoms with van der Waals surface area (Å²) in [7, 11) is -4.12. The van der Waals surface area contributed by atoms with Crippen molar-refractivity contribution in [3.63, 3.8) is 0 Å². The SMILES string of the molecule is Cc1ccc(S(=O)(=O)N2C(=O)CC[C@@H]2C(=O)N2CCN(c3ccccc3F)CC2)cc1. The summed E-state index contributed by atoms with van der Waals surface area (Å²) in [5, 5.41) is 0. The topological polar surface area (TPSA) is 78.0 Å². The Kier molecular flexibility index (Phi) is 5.70. The van der Waals surface area contributed by atoms with Gasteiger partial charge in [-0.2, -0.15) is 0 Å².